The Hall–Kier alpha value is -2.24. The Labute approximate surface area is 163 Å². The Morgan fingerprint density at radius 3 is 2.89 bits per heavy atom. The number of carbonyl (C=O) groups is 1. The maximum absolute atomic E-state index is 12.9. The largest absolute Gasteiger partial charge is 0.472 e. The van der Waals surface area contributed by atoms with Gasteiger partial charge in [0.1, 0.15) is 5.69 Å². The molecule has 0 unspecified atom stereocenters. The number of rotatable bonds is 5. The minimum atomic E-state index is -0.0913. The van der Waals surface area contributed by atoms with Crippen molar-refractivity contribution in [2.75, 3.05) is 26.7 Å². The van der Waals surface area contributed by atoms with Crippen LogP contribution in [0.4, 0.5) is 0 Å². The zero-order valence-corrected chi connectivity index (χ0v) is 16.2. The average molecular weight is 386 g/mol. The molecule has 0 bridgehead atoms. The number of benzene rings is 1. The van der Waals surface area contributed by atoms with E-state index in [9.17, 15) is 4.79 Å². The van der Waals surface area contributed by atoms with Gasteiger partial charge in [0, 0.05) is 33.6 Å². The van der Waals surface area contributed by atoms with Crippen LogP contribution in [0.2, 0.25) is 5.02 Å². The van der Waals surface area contributed by atoms with E-state index in [0.29, 0.717) is 23.2 Å². The van der Waals surface area contributed by atoms with E-state index in [4.69, 9.17) is 16.0 Å². The molecule has 0 spiro atoms. The molecule has 5 nitrogen and oxygen atoms in total. The molecule has 4 rings (SSSR count). The summed E-state index contributed by atoms with van der Waals surface area (Å²) in [6, 6.07) is 7.46. The molecule has 1 saturated heterocycles. The van der Waals surface area contributed by atoms with Crippen LogP contribution in [-0.4, -0.2) is 42.5 Å². The van der Waals surface area contributed by atoms with E-state index < -0.39 is 0 Å². The van der Waals surface area contributed by atoms with E-state index in [0.717, 1.165) is 41.5 Å². The molecule has 3 heterocycles. The summed E-state index contributed by atoms with van der Waals surface area (Å²) >= 11 is 6.18. The molecule has 1 aliphatic rings. The minimum Gasteiger partial charge on any atom is -0.472 e. The Morgan fingerprint density at radius 2 is 2.15 bits per heavy atom. The lowest BCUT2D eigenvalue weighted by molar-refractivity contribution is 0.0945. The zero-order chi connectivity index (χ0) is 18.8. The van der Waals surface area contributed by atoms with Crippen LogP contribution in [0.1, 0.15) is 29.8 Å². The number of likely N-dealkylation sites (tertiary alicyclic amines) is 1. The van der Waals surface area contributed by atoms with Gasteiger partial charge in [-0.05, 0) is 69.6 Å². The third kappa shape index (κ3) is 3.89. The van der Waals surface area contributed by atoms with Crippen molar-refractivity contribution in [1.29, 1.82) is 0 Å². The third-order valence-electron chi connectivity index (χ3n) is 5.47. The maximum Gasteiger partial charge on any atom is 0.268 e. The standard InChI is InChI=1S/C21H24ClN3O2/c1-25-9-5-14(6-10-25)4-8-23-21(26)20-19(15-7-11-27-13-15)17-12-16(22)2-3-18(17)24-20/h2-3,7,11-14,24H,4-6,8-10H2,1H3,(H,23,26). The Balaban J connectivity index is 1.52. The molecule has 1 amide bonds. The fraction of sp³-hybridized carbons (Fsp3) is 0.381. The number of aromatic nitrogens is 1. The lowest BCUT2D eigenvalue weighted by Crippen LogP contribution is -2.32. The molecule has 3 aromatic rings. The van der Waals surface area contributed by atoms with Crippen molar-refractivity contribution in [3.05, 3.63) is 47.5 Å². The van der Waals surface area contributed by atoms with Crippen molar-refractivity contribution in [3.63, 3.8) is 0 Å². The number of fused-ring (bicyclic) bond motifs is 1. The van der Waals surface area contributed by atoms with Crippen LogP contribution in [0.25, 0.3) is 22.0 Å². The van der Waals surface area contributed by atoms with Crippen molar-refractivity contribution < 1.29 is 9.21 Å². The topological polar surface area (TPSA) is 61.3 Å². The summed E-state index contributed by atoms with van der Waals surface area (Å²) in [5, 5.41) is 4.65. The van der Waals surface area contributed by atoms with Gasteiger partial charge >= 0.3 is 0 Å². The van der Waals surface area contributed by atoms with Gasteiger partial charge in [-0.25, -0.2) is 0 Å². The summed E-state index contributed by atoms with van der Waals surface area (Å²) in [6.07, 6.45) is 6.70. The van der Waals surface area contributed by atoms with E-state index >= 15 is 0 Å². The molecule has 6 heteroatoms. The number of H-pyrrole nitrogens is 1. The number of halogens is 1. The van der Waals surface area contributed by atoms with Crippen molar-refractivity contribution in [2.24, 2.45) is 5.92 Å². The van der Waals surface area contributed by atoms with Crippen LogP contribution in [0.5, 0.6) is 0 Å². The molecule has 1 aromatic carbocycles. The number of aromatic amines is 1. The first-order valence-corrected chi connectivity index (χ1v) is 9.80. The normalized spacial score (nSPS) is 16.1. The first-order chi connectivity index (χ1) is 13.1. The van der Waals surface area contributed by atoms with Crippen LogP contribution in [-0.2, 0) is 0 Å². The lowest BCUT2D eigenvalue weighted by Gasteiger charge is -2.28. The molecule has 0 radical (unpaired) electrons. The molecular weight excluding hydrogens is 362 g/mol. The third-order valence-corrected chi connectivity index (χ3v) is 5.71. The van der Waals surface area contributed by atoms with Crippen LogP contribution in [0.15, 0.2) is 41.2 Å². The van der Waals surface area contributed by atoms with Crippen LogP contribution >= 0.6 is 11.6 Å². The second kappa shape index (κ2) is 7.79. The number of nitrogens with one attached hydrogen (secondary N) is 2. The quantitative estimate of drug-likeness (QED) is 0.677. The summed E-state index contributed by atoms with van der Waals surface area (Å²) in [5.41, 5.74) is 3.13. The smallest absolute Gasteiger partial charge is 0.268 e. The predicted molar refractivity (Wildman–Crippen MR) is 108 cm³/mol. The van der Waals surface area contributed by atoms with Crippen LogP contribution < -0.4 is 5.32 Å². The highest BCUT2D eigenvalue weighted by molar-refractivity contribution is 6.31. The Kier molecular flexibility index (Phi) is 5.23. The molecule has 1 fully saturated rings. The Morgan fingerprint density at radius 1 is 1.33 bits per heavy atom. The van der Waals surface area contributed by atoms with Crippen molar-refractivity contribution in [3.8, 4) is 11.1 Å². The van der Waals surface area contributed by atoms with Gasteiger partial charge in [-0.15, -0.1) is 0 Å². The first-order valence-electron chi connectivity index (χ1n) is 9.42. The second-order valence-corrected chi connectivity index (χ2v) is 7.80. The van der Waals surface area contributed by atoms with E-state index in [1.807, 2.05) is 24.3 Å². The summed E-state index contributed by atoms with van der Waals surface area (Å²) in [6.45, 7) is 2.98. The van der Waals surface area contributed by atoms with Gasteiger partial charge in [0.2, 0.25) is 0 Å². The van der Waals surface area contributed by atoms with Gasteiger partial charge in [-0.1, -0.05) is 11.6 Å². The SMILES string of the molecule is CN1CCC(CCNC(=O)c2[nH]c3ccc(Cl)cc3c2-c2ccoc2)CC1. The number of piperidine rings is 1. The number of amides is 1. The highest BCUT2D eigenvalue weighted by Gasteiger charge is 2.21. The molecule has 142 valence electrons. The second-order valence-electron chi connectivity index (χ2n) is 7.37. The summed E-state index contributed by atoms with van der Waals surface area (Å²) in [5.74, 6) is 0.600. The first kappa shape index (κ1) is 18.1. The van der Waals surface area contributed by atoms with E-state index in [2.05, 4.69) is 22.2 Å². The van der Waals surface area contributed by atoms with Crippen molar-refractivity contribution in [1.82, 2.24) is 15.2 Å². The van der Waals surface area contributed by atoms with Crippen LogP contribution in [0.3, 0.4) is 0 Å². The zero-order valence-electron chi connectivity index (χ0n) is 15.4. The molecule has 2 aromatic heterocycles. The summed E-state index contributed by atoms with van der Waals surface area (Å²) < 4.78 is 5.24. The molecule has 27 heavy (non-hydrogen) atoms. The van der Waals surface area contributed by atoms with Crippen molar-refractivity contribution >= 4 is 28.4 Å². The van der Waals surface area contributed by atoms with Crippen molar-refractivity contribution in [2.45, 2.75) is 19.3 Å². The lowest BCUT2D eigenvalue weighted by atomic mass is 9.94. The highest BCUT2D eigenvalue weighted by atomic mass is 35.5. The molecule has 1 aliphatic heterocycles. The summed E-state index contributed by atoms with van der Waals surface area (Å²) in [7, 11) is 2.16. The highest BCUT2D eigenvalue weighted by Crippen LogP contribution is 2.34. The van der Waals surface area contributed by atoms with E-state index in [1.165, 1.54) is 12.8 Å². The number of hydrogen-bond acceptors (Lipinski definition) is 3. The minimum absolute atomic E-state index is 0.0913. The van der Waals surface area contributed by atoms with Gasteiger partial charge in [0.15, 0.2) is 0 Å². The average Bonchev–Trinajstić information content (AvgIpc) is 3.30. The summed E-state index contributed by atoms with van der Waals surface area (Å²) in [4.78, 5) is 18.5. The predicted octanol–water partition coefficient (Wildman–Crippen LogP) is 4.54. The number of carbonyl (C=O) groups excluding carboxylic acids is 1. The molecule has 2 N–H and O–H groups in total. The monoisotopic (exact) mass is 385 g/mol. The van der Waals surface area contributed by atoms with E-state index in [1.54, 1.807) is 12.5 Å². The fourth-order valence-corrected chi connectivity index (χ4v) is 4.04. The molecular formula is C21H24ClN3O2. The maximum atomic E-state index is 12.9. The van der Waals surface area contributed by atoms with Crippen LogP contribution in [0, 0.1) is 5.92 Å². The number of furan rings is 1. The van der Waals surface area contributed by atoms with Gasteiger partial charge < -0.3 is 19.6 Å². The van der Waals surface area contributed by atoms with Gasteiger partial charge in [0.05, 0.1) is 12.5 Å². The van der Waals surface area contributed by atoms with Gasteiger partial charge in [-0.2, -0.15) is 0 Å². The van der Waals surface area contributed by atoms with Gasteiger partial charge in [-0.3, -0.25) is 4.79 Å². The Bertz CT molecular complexity index is 924. The van der Waals surface area contributed by atoms with Gasteiger partial charge in [0.25, 0.3) is 5.91 Å². The molecule has 0 saturated carbocycles. The molecule has 0 aliphatic carbocycles. The van der Waals surface area contributed by atoms with E-state index in [-0.39, 0.29) is 5.91 Å². The number of nitrogens with zero attached hydrogens (tertiary/aromatic N) is 1. The fourth-order valence-electron chi connectivity index (χ4n) is 3.87. The number of hydrogen-bond donors (Lipinski definition) is 2. The molecule has 0 atom stereocenters.